The molecule has 1 aliphatic rings. The van der Waals surface area contributed by atoms with Crippen molar-refractivity contribution in [2.24, 2.45) is 0 Å². The highest BCUT2D eigenvalue weighted by molar-refractivity contribution is 7.30. The van der Waals surface area contributed by atoms with Gasteiger partial charge in [-0.25, -0.2) is 0 Å². The van der Waals surface area contributed by atoms with Crippen molar-refractivity contribution < 1.29 is 14.4 Å². The van der Waals surface area contributed by atoms with Crippen molar-refractivity contribution in [1.82, 2.24) is 0 Å². The molecule has 3 nitrogen and oxygen atoms in total. The van der Waals surface area contributed by atoms with Gasteiger partial charge in [0, 0.05) is 0 Å². The molecular formula is C5H10O3P. The topological polar surface area (TPSA) is 57.5 Å². The largest absolute Gasteiger partial charge is 0.326 e. The average molecular weight is 149 g/mol. The molecule has 0 unspecified atom stereocenters. The van der Waals surface area contributed by atoms with Crippen LogP contribution in [0.15, 0.2) is 6.08 Å². The van der Waals surface area contributed by atoms with E-state index in [2.05, 4.69) is 12.2 Å². The number of hydrogen-bond donors (Lipinski definition) is 2. The van der Waals surface area contributed by atoms with Crippen molar-refractivity contribution in [3.63, 3.8) is 0 Å². The van der Waals surface area contributed by atoms with Gasteiger partial charge in [-0.1, -0.05) is 6.08 Å². The lowest BCUT2D eigenvalue weighted by Gasteiger charge is -1.68. The van der Waals surface area contributed by atoms with Crippen LogP contribution >= 0.6 is 8.25 Å². The summed E-state index contributed by atoms with van der Waals surface area (Å²) in [6.07, 6.45) is 9.00. The monoisotopic (exact) mass is 149 g/mol. The lowest BCUT2D eigenvalue weighted by molar-refractivity contribution is 0.405. The van der Waals surface area contributed by atoms with E-state index < -0.39 is 8.25 Å². The van der Waals surface area contributed by atoms with E-state index in [4.69, 9.17) is 14.4 Å². The summed E-state index contributed by atoms with van der Waals surface area (Å²) >= 11 is 0. The van der Waals surface area contributed by atoms with Gasteiger partial charge in [0.05, 0.1) is 0 Å². The SMILES string of the molecule is O=[PH](O)O.[C]1=CCCC1. The first-order valence-corrected chi connectivity index (χ1v) is 4.00. The summed E-state index contributed by atoms with van der Waals surface area (Å²) < 4.78 is 8.74. The molecule has 0 spiro atoms. The van der Waals surface area contributed by atoms with Gasteiger partial charge in [0.25, 0.3) is 0 Å². The van der Waals surface area contributed by atoms with Gasteiger partial charge >= 0.3 is 8.25 Å². The van der Waals surface area contributed by atoms with Crippen LogP contribution in [0.25, 0.3) is 0 Å². The highest BCUT2D eigenvalue weighted by Gasteiger charge is 1.85. The molecule has 4 heteroatoms. The van der Waals surface area contributed by atoms with Gasteiger partial charge in [-0.2, -0.15) is 0 Å². The van der Waals surface area contributed by atoms with Gasteiger partial charge in [-0.15, -0.1) is 0 Å². The summed E-state index contributed by atoms with van der Waals surface area (Å²) in [4.78, 5) is 14.3. The van der Waals surface area contributed by atoms with Gasteiger partial charge in [0.2, 0.25) is 0 Å². The minimum absolute atomic E-state index is 1.19. The normalized spacial score (nSPS) is 15.4. The number of hydrogen-bond acceptors (Lipinski definition) is 1. The highest BCUT2D eigenvalue weighted by atomic mass is 31.1. The Morgan fingerprint density at radius 1 is 1.56 bits per heavy atom. The molecule has 1 radical (unpaired) electrons. The summed E-state index contributed by atoms with van der Waals surface area (Å²) in [6, 6.07) is 0. The predicted octanol–water partition coefficient (Wildman–Crippen LogP) is 0.890. The van der Waals surface area contributed by atoms with E-state index in [0.29, 0.717) is 0 Å². The lowest BCUT2D eigenvalue weighted by atomic mass is 10.4. The molecule has 0 aromatic carbocycles. The molecular weight excluding hydrogens is 139 g/mol. The van der Waals surface area contributed by atoms with Crippen LogP contribution in [0.1, 0.15) is 19.3 Å². The number of allylic oxidation sites excluding steroid dienone is 2. The molecule has 9 heavy (non-hydrogen) atoms. The van der Waals surface area contributed by atoms with Gasteiger partial charge < -0.3 is 9.79 Å². The summed E-state index contributed by atoms with van der Waals surface area (Å²) in [5.41, 5.74) is 0. The average Bonchev–Trinajstić information content (AvgIpc) is 2.11. The zero-order valence-electron chi connectivity index (χ0n) is 5.00. The van der Waals surface area contributed by atoms with Crippen LogP contribution in [-0.4, -0.2) is 9.79 Å². The van der Waals surface area contributed by atoms with E-state index in [1.165, 1.54) is 19.3 Å². The lowest BCUT2D eigenvalue weighted by Crippen LogP contribution is -1.50. The second kappa shape index (κ2) is 6.02. The zero-order chi connectivity index (χ0) is 7.11. The maximum Gasteiger partial charge on any atom is 0.314 e. The minimum Gasteiger partial charge on any atom is -0.326 e. The second-order valence-corrected chi connectivity index (χ2v) is 2.15. The summed E-state index contributed by atoms with van der Waals surface area (Å²) in [7, 11) is -3.13. The van der Waals surface area contributed by atoms with Crippen LogP contribution in [0.5, 0.6) is 0 Å². The molecule has 0 aliphatic heterocycles. The first-order chi connectivity index (χ1) is 4.23. The first kappa shape index (κ1) is 8.89. The fraction of sp³-hybridized carbons (Fsp3) is 0.600. The maximum absolute atomic E-state index is 8.74. The van der Waals surface area contributed by atoms with Gasteiger partial charge in [0.1, 0.15) is 0 Å². The van der Waals surface area contributed by atoms with Crippen LogP contribution in [-0.2, 0) is 4.57 Å². The predicted molar refractivity (Wildman–Crippen MR) is 35.1 cm³/mol. The fourth-order valence-corrected chi connectivity index (χ4v) is 0.510. The van der Waals surface area contributed by atoms with Gasteiger partial charge in [-0.05, 0) is 25.3 Å². The Labute approximate surface area is 55.0 Å². The molecule has 2 N–H and O–H groups in total. The highest BCUT2D eigenvalue weighted by Crippen LogP contribution is 2.03. The minimum atomic E-state index is -3.13. The smallest absolute Gasteiger partial charge is 0.314 e. The van der Waals surface area contributed by atoms with Crippen LogP contribution in [0.3, 0.4) is 0 Å². The van der Waals surface area contributed by atoms with Crippen molar-refractivity contribution >= 4 is 8.25 Å². The molecule has 0 aromatic heterocycles. The summed E-state index contributed by atoms with van der Waals surface area (Å²) in [6.45, 7) is 0. The Morgan fingerprint density at radius 2 is 2.11 bits per heavy atom. The van der Waals surface area contributed by atoms with E-state index in [1.54, 1.807) is 0 Å². The van der Waals surface area contributed by atoms with E-state index in [-0.39, 0.29) is 0 Å². The molecule has 53 valence electrons. The molecule has 0 aromatic rings. The van der Waals surface area contributed by atoms with Crippen LogP contribution in [0, 0.1) is 6.08 Å². The van der Waals surface area contributed by atoms with E-state index in [1.807, 2.05) is 0 Å². The fourth-order valence-electron chi connectivity index (χ4n) is 0.510. The van der Waals surface area contributed by atoms with E-state index in [9.17, 15) is 0 Å². The van der Waals surface area contributed by atoms with Crippen LogP contribution < -0.4 is 0 Å². The standard InChI is InChI=1S/C5H7.H3O3P/c1-2-4-5-3-1;1-4(2)3/h1H,2,4-5H2;4H,(H2,1,2,3). The molecule has 0 fully saturated rings. The Hall–Kier alpha value is -0.110. The molecule has 0 heterocycles. The van der Waals surface area contributed by atoms with Crippen molar-refractivity contribution in [2.45, 2.75) is 19.3 Å². The molecule has 0 amide bonds. The summed E-state index contributed by atoms with van der Waals surface area (Å²) in [5, 5.41) is 0. The molecule has 0 saturated carbocycles. The van der Waals surface area contributed by atoms with Crippen LogP contribution in [0.2, 0.25) is 0 Å². The Morgan fingerprint density at radius 3 is 2.22 bits per heavy atom. The maximum atomic E-state index is 8.74. The third-order valence-electron chi connectivity index (χ3n) is 0.814. The van der Waals surface area contributed by atoms with E-state index >= 15 is 0 Å². The van der Waals surface area contributed by atoms with Crippen molar-refractivity contribution in [1.29, 1.82) is 0 Å². The third-order valence-corrected chi connectivity index (χ3v) is 0.814. The summed E-state index contributed by atoms with van der Waals surface area (Å²) in [5.74, 6) is 0. The van der Waals surface area contributed by atoms with Crippen molar-refractivity contribution in [3.05, 3.63) is 12.2 Å². The van der Waals surface area contributed by atoms with Gasteiger partial charge in [-0.3, -0.25) is 4.57 Å². The van der Waals surface area contributed by atoms with Gasteiger partial charge in [0.15, 0.2) is 0 Å². The first-order valence-electron chi connectivity index (χ1n) is 2.70. The van der Waals surface area contributed by atoms with Crippen molar-refractivity contribution in [2.75, 3.05) is 0 Å². The Balaban J connectivity index is 0.000000148. The molecule has 1 aliphatic carbocycles. The second-order valence-electron chi connectivity index (χ2n) is 1.58. The number of rotatable bonds is 0. The molecule has 0 saturated heterocycles. The zero-order valence-corrected chi connectivity index (χ0v) is 6.00. The van der Waals surface area contributed by atoms with E-state index in [0.717, 1.165) is 0 Å². The van der Waals surface area contributed by atoms with Crippen LogP contribution in [0.4, 0.5) is 0 Å². The third kappa shape index (κ3) is 11.4. The van der Waals surface area contributed by atoms with Crippen molar-refractivity contribution in [3.8, 4) is 0 Å². The molecule has 0 atom stereocenters. The molecule has 0 bridgehead atoms. The Kier molecular flexibility index (Phi) is 5.94. The molecule has 1 rings (SSSR count). The quantitative estimate of drug-likeness (QED) is 0.503. The Bertz CT molecular complexity index is 101.